The third-order valence-electron chi connectivity index (χ3n) is 4.82. The second-order valence-electron chi connectivity index (χ2n) is 7.41. The standard InChI is InChI=1S/C20H30N4O3/c1-16-3-2-4-18(13-16)27-12-7-21-19(25)14-23-8-10-24(11-9-23)15-20(26)22-17-5-6-17/h2-4,13,17H,5-12,14-15H2,1H3,(H,21,25)(H,22,26). The summed E-state index contributed by atoms with van der Waals surface area (Å²) >= 11 is 0. The van der Waals surface area contributed by atoms with Crippen LogP contribution in [0.4, 0.5) is 0 Å². The number of rotatable bonds is 9. The highest BCUT2D eigenvalue weighted by molar-refractivity contribution is 5.79. The Bertz CT molecular complexity index is 640. The van der Waals surface area contributed by atoms with Gasteiger partial charge in [0, 0.05) is 32.2 Å². The van der Waals surface area contributed by atoms with Crippen LogP contribution in [-0.2, 0) is 9.59 Å². The zero-order valence-corrected chi connectivity index (χ0v) is 16.1. The molecule has 0 atom stereocenters. The lowest BCUT2D eigenvalue weighted by Crippen LogP contribution is -2.51. The maximum atomic E-state index is 12.1. The number of ether oxygens (including phenoxy) is 1. The van der Waals surface area contributed by atoms with Crippen molar-refractivity contribution in [1.29, 1.82) is 0 Å². The van der Waals surface area contributed by atoms with E-state index >= 15 is 0 Å². The van der Waals surface area contributed by atoms with Crippen molar-refractivity contribution in [2.24, 2.45) is 0 Å². The summed E-state index contributed by atoms with van der Waals surface area (Å²) in [6.07, 6.45) is 2.23. The average Bonchev–Trinajstić information content (AvgIpc) is 3.44. The smallest absolute Gasteiger partial charge is 0.234 e. The van der Waals surface area contributed by atoms with Crippen LogP contribution in [-0.4, -0.2) is 80.1 Å². The largest absolute Gasteiger partial charge is 0.492 e. The zero-order valence-electron chi connectivity index (χ0n) is 16.1. The Morgan fingerprint density at radius 3 is 2.37 bits per heavy atom. The summed E-state index contributed by atoms with van der Waals surface area (Å²) in [5.74, 6) is 0.964. The number of hydrogen-bond acceptors (Lipinski definition) is 5. The maximum Gasteiger partial charge on any atom is 0.234 e. The molecule has 0 aromatic heterocycles. The minimum absolute atomic E-state index is 0.0165. The zero-order chi connectivity index (χ0) is 19.1. The van der Waals surface area contributed by atoms with Crippen LogP contribution in [0.2, 0.25) is 0 Å². The molecule has 1 aliphatic carbocycles. The van der Waals surface area contributed by atoms with Crippen molar-refractivity contribution in [2.75, 3.05) is 52.4 Å². The molecule has 2 fully saturated rings. The van der Waals surface area contributed by atoms with Gasteiger partial charge in [-0.05, 0) is 37.5 Å². The highest BCUT2D eigenvalue weighted by Crippen LogP contribution is 2.18. The molecule has 1 saturated carbocycles. The molecule has 0 bridgehead atoms. The number of aryl methyl sites for hydroxylation is 1. The van der Waals surface area contributed by atoms with Gasteiger partial charge in [0.05, 0.1) is 19.6 Å². The van der Waals surface area contributed by atoms with E-state index in [0.29, 0.717) is 32.3 Å². The molecule has 3 rings (SSSR count). The topological polar surface area (TPSA) is 73.9 Å². The van der Waals surface area contributed by atoms with Crippen LogP contribution in [0, 0.1) is 6.92 Å². The van der Waals surface area contributed by atoms with Crippen LogP contribution < -0.4 is 15.4 Å². The molecule has 148 valence electrons. The average molecular weight is 374 g/mol. The Labute approximate surface area is 161 Å². The van der Waals surface area contributed by atoms with Gasteiger partial charge in [-0.25, -0.2) is 0 Å². The van der Waals surface area contributed by atoms with E-state index in [-0.39, 0.29) is 11.8 Å². The van der Waals surface area contributed by atoms with Gasteiger partial charge in [-0.2, -0.15) is 0 Å². The van der Waals surface area contributed by atoms with Gasteiger partial charge in [0.15, 0.2) is 0 Å². The van der Waals surface area contributed by atoms with Crippen molar-refractivity contribution in [3.8, 4) is 5.75 Å². The number of hydrogen-bond donors (Lipinski definition) is 2. The minimum atomic E-state index is 0.0165. The molecule has 2 N–H and O–H groups in total. The van der Waals surface area contributed by atoms with Crippen LogP contribution in [0.3, 0.4) is 0 Å². The molecule has 1 aliphatic heterocycles. The molecule has 1 aromatic carbocycles. The Morgan fingerprint density at radius 2 is 1.74 bits per heavy atom. The van der Waals surface area contributed by atoms with Gasteiger partial charge in [-0.3, -0.25) is 19.4 Å². The number of carbonyl (C=O) groups excluding carboxylic acids is 2. The maximum absolute atomic E-state index is 12.1. The second-order valence-corrected chi connectivity index (χ2v) is 7.41. The number of nitrogens with one attached hydrogen (secondary N) is 2. The van der Waals surface area contributed by atoms with E-state index in [9.17, 15) is 9.59 Å². The van der Waals surface area contributed by atoms with E-state index in [0.717, 1.165) is 50.3 Å². The highest BCUT2D eigenvalue weighted by atomic mass is 16.5. The van der Waals surface area contributed by atoms with Crippen molar-refractivity contribution >= 4 is 11.8 Å². The van der Waals surface area contributed by atoms with Gasteiger partial charge in [0.1, 0.15) is 12.4 Å². The molecule has 27 heavy (non-hydrogen) atoms. The van der Waals surface area contributed by atoms with E-state index < -0.39 is 0 Å². The first-order chi connectivity index (χ1) is 13.1. The van der Waals surface area contributed by atoms with Crippen molar-refractivity contribution in [2.45, 2.75) is 25.8 Å². The van der Waals surface area contributed by atoms with E-state index in [4.69, 9.17) is 4.74 Å². The summed E-state index contributed by atoms with van der Waals surface area (Å²) in [7, 11) is 0. The molecule has 0 radical (unpaired) electrons. The van der Waals surface area contributed by atoms with Crippen LogP contribution in [0.5, 0.6) is 5.75 Å². The van der Waals surface area contributed by atoms with Crippen molar-refractivity contribution in [3.05, 3.63) is 29.8 Å². The highest BCUT2D eigenvalue weighted by Gasteiger charge is 2.25. The lowest BCUT2D eigenvalue weighted by atomic mass is 10.2. The molecular weight excluding hydrogens is 344 g/mol. The summed E-state index contributed by atoms with van der Waals surface area (Å²) in [5.41, 5.74) is 1.15. The van der Waals surface area contributed by atoms with Gasteiger partial charge in [-0.15, -0.1) is 0 Å². The Balaban J connectivity index is 1.25. The summed E-state index contributed by atoms with van der Waals surface area (Å²) in [6, 6.07) is 8.29. The lowest BCUT2D eigenvalue weighted by molar-refractivity contribution is -0.125. The lowest BCUT2D eigenvalue weighted by Gasteiger charge is -2.33. The van der Waals surface area contributed by atoms with Gasteiger partial charge < -0.3 is 15.4 Å². The third kappa shape index (κ3) is 7.19. The fourth-order valence-electron chi connectivity index (χ4n) is 3.13. The first-order valence-corrected chi connectivity index (χ1v) is 9.79. The number of amides is 2. The minimum Gasteiger partial charge on any atom is -0.492 e. The predicted molar refractivity (Wildman–Crippen MR) is 104 cm³/mol. The van der Waals surface area contributed by atoms with E-state index in [1.807, 2.05) is 31.2 Å². The molecule has 2 aliphatic rings. The van der Waals surface area contributed by atoms with Crippen LogP contribution in [0.15, 0.2) is 24.3 Å². The summed E-state index contributed by atoms with van der Waals surface area (Å²) < 4.78 is 5.64. The number of piperazine rings is 1. The summed E-state index contributed by atoms with van der Waals surface area (Å²) in [6.45, 7) is 7.10. The quantitative estimate of drug-likeness (QED) is 0.612. The normalized spacial score (nSPS) is 18.1. The molecule has 2 amide bonds. The van der Waals surface area contributed by atoms with Gasteiger partial charge in [0.25, 0.3) is 0 Å². The second kappa shape index (κ2) is 9.71. The number of nitrogens with zero attached hydrogens (tertiary/aromatic N) is 2. The molecule has 1 aromatic rings. The van der Waals surface area contributed by atoms with Gasteiger partial charge in [-0.1, -0.05) is 12.1 Å². The van der Waals surface area contributed by atoms with Crippen LogP contribution in [0.25, 0.3) is 0 Å². The van der Waals surface area contributed by atoms with Gasteiger partial charge >= 0.3 is 0 Å². The molecule has 0 unspecified atom stereocenters. The van der Waals surface area contributed by atoms with Crippen molar-refractivity contribution in [1.82, 2.24) is 20.4 Å². The molecule has 0 spiro atoms. The van der Waals surface area contributed by atoms with E-state index in [1.54, 1.807) is 0 Å². The Hall–Kier alpha value is -2.12. The van der Waals surface area contributed by atoms with E-state index in [1.165, 1.54) is 0 Å². The Morgan fingerprint density at radius 1 is 1.07 bits per heavy atom. The first-order valence-electron chi connectivity index (χ1n) is 9.79. The fourth-order valence-corrected chi connectivity index (χ4v) is 3.13. The number of benzene rings is 1. The SMILES string of the molecule is Cc1cccc(OCCNC(=O)CN2CCN(CC(=O)NC3CC3)CC2)c1. The van der Waals surface area contributed by atoms with Crippen molar-refractivity contribution < 1.29 is 14.3 Å². The van der Waals surface area contributed by atoms with E-state index in [2.05, 4.69) is 20.4 Å². The number of carbonyl (C=O) groups is 2. The summed E-state index contributed by atoms with van der Waals surface area (Å²) in [5, 5.41) is 5.92. The Kier molecular flexibility index (Phi) is 7.06. The summed E-state index contributed by atoms with van der Waals surface area (Å²) in [4.78, 5) is 28.2. The first kappa shape index (κ1) is 19.6. The molecule has 7 nitrogen and oxygen atoms in total. The van der Waals surface area contributed by atoms with Gasteiger partial charge in [0.2, 0.25) is 11.8 Å². The predicted octanol–water partition coefficient (Wildman–Crippen LogP) is 0.386. The fraction of sp³-hybridized carbons (Fsp3) is 0.600. The molecular formula is C20H30N4O3. The van der Waals surface area contributed by atoms with Crippen molar-refractivity contribution in [3.63, 3.8) is 0 Å². The molecule has 7 heteroatoms. The molecule has 1 heterocycles. The van der Waals surface area contributed by atoms with Crippen LogP contribution in [0.1, 0.15) is 18.4 Å². The van der Waals surface area contributed by atoms with Crippen LogP contribution >= 0.6 is 0 Å². The monoisotopic (exact) mass is 374 g/mol. The molecule has 1 saturated heterocycles. The third-order valence-corrected chi connectivity index (χ3v) is 4.82.